The Morgan fingerprint density at radius 2 is 2.18 bits per heavy atom. The van der Waals surface area contributed by atoms with Crippen LogP contribution in [0.3, 0.4) is 0 Å². The zero-order valence-corrected chi connectivity index (χ0v) is 9.84. The summed E-state index contributed by atoms with van der Waals surface area (Å²) in [4.78, 5) is 13.2. The van der Waals surface area contributed by atoms with Crippen LogP contribution in [-0.2, 0) is 11.3 Å². The average molecular weight is 227 g/mol. The lowest BCUT2D eigenvalue weighted by atomic mass is 10.2. The molecule has 1 aromatic carbocycles. The highest BCUT2D eigenvalue weighted by atomic mass is 16.2. The molecule has 0 N–H and O–H groups in total. The second kappa shape index (κ2) is 4.30. The molecule has 0 aliphatic rings. The number of rotatable bonds is 2. The van der Waals surface area contributed by atoms with Crippen molar-refractivity contribution >= 4 is 16.8 Å². The van der Waals surface area contributed by atoms with Gasteiger partial charge >= 0.3 is 0 Å². The fourth-order valence-corrected chi connectivity index (χ4v) is 1.69. The number of hydrogen-bond donors (Lipinski definition) is 0. The third kappa shape index (κ3) is 2.13. The van der Waals surface area contributed by atoms with Crippen LogP contribution in [0.5, 0.6) is 0 Å². The number of likely N-dealkylation sites (N-methyl/N-ethyl adjacent to an activating group) is 1. The van der Waals surface area contributed by atoms with Crippen molar-refractivity contribution in [1.82, 2.24) is 9.47 Å². The van der Waals surface area contributed by atoms with E-state index in [0.717, 1.165) is 10.9 Å². The minimum absolute atomic E-state index is 0.0480. The quantitative estimate of drug-likeness (QED) is 0.782. The van der Waals surface area contributed by atoms with E-state index in [9.17, 15) is 4.79 Å². The highest BCUT2D eigenvalue weighted by molar-refractivity contribution is 5.84. The van der Waals surface area contributed by atoms with Crippen molar-refractivity contribution in [3.8, 4) is 6.07 Å². The summed E-state index contributed by atoms with van der Waals surface area (Å²) < 4.78 is 1.89. The zero-order chi connectivity index (χ0) is 12.4. The van der Waals surface area contributed by atoms with Crippen LogP contribution < -0.4 is 0 Å². The minimum Gasteiger partial charge on any atom is -0.347 e. The molecule has 0 spiro atoms. The zero-order valence-electron chi connectivity index (χ0n) is 9.84. The molecule has 1 aromatic heterocycles. The smallest absolute Gasteiger partial charge is 0.241 e. The van der Waals surface area contributed by atoms with Gasteiger partial charge in [0.15, 0.2) is 0 Å². The Hall–Kier alpha value is -2.28. The van der Waals surface area contributed by atoms with Crippen molar-refractivity contribution in [3.05, 3.63) is 36.0 Å². The van der Waals surface area contributed by atoms with Crippen molar-refractivity contribution in [2.45, 2.75) is 6.54 Å². The summed E-state index contributed by atoms with van der Waals surface area (Å²) >= 11 is 0. The molecule has 86 valence electrons. The van der Waals surface area contributed by atoms with E-state index in [1.54, 1.807) is 25.1 Å². The maximum Gasteiger partial charge on any atom is 0.241 e. The van der Waals surface area contributed by atoms with E-state index >= 15 is 0 Å². The summed E-state index contributed by atoms with van der Waals surface area (Å²) in [5.41, 5.74) is 1.60. The molecule has 0 bridgehead atoms. The van der Waals surface area contributed by atoms with Crippen LogP contribution in [-0.4, -0.2) is 29.5 Å². The molecule has 4 nitrogen and oxygen atoms in total. The molecule has 0 unspecified atom stereocenters. The number of amides is 1. The minimum atomic E-state index is 0.0480. The third-order valence-electron chi connectivity index (χ3n) is 2.70. The first kappa shape index (κ1) is 11.2. The fraction of sp³-hybridized carbons (Fsp3) is 0.231. The molecule has 17 heavy (non-hydrogen) atoms. The number of nitriles is 1. The monoisotopic (exact) mass is 227 g/mol. The lowest BCUT2D eigenvalue weighted by molar-refractivity contribution is -0.129. The first-order chi connectivity index (χ1) is 8.11. The molecule has 0 aliphatic heterocycles. The standard InChI is InChI=1S/C13H13N3O/c1-15(2)13(17)9-16-6-5-11-7-10(8-14)3-4-12(11)16/h3-7H,9H2,1-2H3. The molecular formula is C13H13N3O. The maximum atomic E-state index is 11.6. The lowest BCUT2D eigenvalue weighted by Crippen LogP contribution is -2.25. The number of fused-ring (bicyclic) bond motifs is 1. The van der Waals surface area contributed by atoms with E-state index in [-0.39, 0.29) is 5.91 Å². The van der Waals surface area contributed by atoms with Crippen LogP contribution in [0.25, 0.3) is 10.9 Å². The van der Waals surface area contributed by atoms with E-state index in [0.29, 0.717) is 12.1 Å². The van der Waals surface area contributed by atoms with Crippen molar-refractivity contribution in [2.75, 3.05) is 14.1 Å². The number of nitrogens with zero attached hydrogens (tertiary/aromatic N) is 3. The first-order valence-electron chi connectivity index (χ1n) is 5.31. The summed E-state index contributed by atoms with van der Waals surface area (Å²) in [6.45, 7) is 0.322. The van der Waals surface area contributed by atoms with Gasteiger partial charge in [0.2, 0.25) is 5.91 Å². The van der Waals surface area contributed by atoms with Gasteiger partial charge in [0, 0.05) is 31.2 Å². The highest BCUT2D eigenvalue weighted by Crippen LogP contribution is 2.17. The third-order valence-corrected chi connectivity index (χ3v) is 2.70. The van der Waals surface area contributed by atoms with E-state index in [2.05, 4.69) is 6.07 Å². The van der Waals surface area contributed by atoms with Gasteiger partial charge in [-0.25, -0.2) is 0 Å². The van der Waals surface area contributed by atoms with Crippen LogP contribution in [0.4, 0.5) is 0 Å². The average Bonchev–Trinajstić information content (AvgIpc) is 2.71. The van der Waals surface area contributed by atoms with Gasteiger partial charge in [0.25, 0.3) is 0 Å². The molecule has 0 aliphatic carbocycles. The largest absolute Gasteiger partial charge is 0.347 e. The molecule has 4 heteroatoms. The summed E-state index contributed by atoms with van der Waals surface area (Å²) in [7, 11) is 3.48. The van der Waals surface area contributed by atoms with Crippen molar-refractivity contribution in [1.29, 1.82) is 5.26 Å². The molecule has 1 heterocycles. The Labute approximate surface area is 99.7 Å². The van der Waals surface area contributed by atoms with Gasteiger partial charge < -0.3 is 9.47 Å². The van der Waals surface area contributed by atoms with Crippen molar-refractivity contribution < 1.29 is 4.79 Å². The summed E-state index contributed by atoms with van der Waals surface area (Å²) in [6, 6.07) is 9.48. The van der Waals surface area contributed by atoms with Gasteiger partial charge in [-0.15, -0.1) is 0 Å². The van der Waals surface area contributed by atoms with Gasteiger partial charge in [0.1, 0.15) is 6.54 Å². The van der Waals surface area contributed by atoms with E-state index in [4.69, 9.17) is 5.26 Å². The van der Waals surface area contributed by atoms with Crippen LogP contribution in [0.1, 0.15) is 5.56 Å². The Morgan fingerprint density at radius 3 is 2.82 bits per heavy atom. The topological polar surface area (TPSA) is 49.0 Å². The normalized spacial score (nSPS) is 10.2. The number of carbonyl (C=O) groups is 1. The summed E-state index contributed by atoms with van der Waals surface area (Å²) in [5, 5.41) is 9.79. The molecule has 2 aromatic rings. The highest BCUT2D eigenvalue weighted by Gasteiger charge is 2.07. The number of benzene rings is 1. The van der Waals surface area contributed by atoms with Crippen LogP contribution in [0, 0.1) is 11.3 Å². The van der Waals surface area contributed by atoms with Crippen molar-refractivity contribution in [3.63, 3.8) is 0 Å². The molecule has 2 rings (SSSR count). The number of hydrogen-bond acceptors (Lipinski definition) is 2. The number of carbonyl (C=O) groups excluding carboxylic acids is 1. The fourth-order valence-electron chi connectivity index (χ4n) is 1.69. The molecule has 0 saturated heterocycles. The predicted octanol–water partition coefficient (Wildman–Crippen LogP) is 1.60. The van der Waals surface area contributed by atoms with E-state index < -0.39 is 0 Å². The van der Waals surface area contributed by atoms with Gasteiger partial charge in [0.05, 0.1) is 11.6 Å². The second-order valence-electron chi connectivity index (χ2n) is 4.12. The summed E-state index contributed by atoms with van der Waals surface area (Å²) in [6.07, 6.45) is 1.87. The molecular weight excluding hydrogens is 214 g/mol. The molecule has 0 saturated carbocycles. The van der Waals surface area contributed by atoms with Crippen LogP contribution in [0.2, 0.25) is 0 Å². The Morgan fingerprint density at radius 1 is 1.41 bits per heavy atom. The SMILES string of the molecule is CN(C)C(=O)Cn1ccc2cc(C#N)ccc21. The van der Waals surface area contributed by atoms with E-state index in [1.165, 1.54) is 0 Å². The Bertz CT molecular complexity index is 605. The molecule has 0 atom stereocenters. The van der Waals surface area contributed by atoms with Gasteiger partial charge in [-0.05, 0) is 24.3 Å². The number of aromatic nitrogens is 1. The van der Waals surface area contributed by atoms with Gasteiger partial charge in [-0.2, -0.15) is 5.26 Å². The predicted molar refractivity (Wildman–Crippen MR) is 65.3 cm³/mol. The Kier molecular flexibility index (Phi) is 2.84. The van der Waals surface area contributed by atoms with Crippen LogP contribution >= 0.6 is 0 Å². The summed E-state index contributed by atoms with van der Waals surface area (Å²) in [5.74, 6) is 0.0480. The van der Waals surface area contributed by atoms with E-state index in [1.807, 2.05) is 29.0 Å². The van der Waals surface area contributed by atoms with Gasteiger partial charge in [-0.3, -0.25) is 4.79 Å². The maximum absolute atomic E-state index is 11.6. The first-order valence-corrected chi connectivity index (χ1v) is 5.31. The Balaban J connectivity index is 2.38. The van der Waals surface area contributed by atoms with Crippen molar-refractivity contribution in [2.24, 2.45) is 0 Å². The molecule has 0 fully saturated rings. The van der Waals surface area contributed by atoms with Gasteiger partial charge in [-0.1, -0.05) is 0 Å². The van der Waals surface area contributed by atoms with Crippen LogP contribution in [0.15, 0.2) is 30.5 Å². The second-order valence-corrected chi connectivity index (χ2v) is 4.12. The lowest BCUT2D eigenvalue weighted by Gasteiger charge is -2.11. The molecule has 1 amide bonds. The molecule has 0 radical (unpaired) electrons.